The lowest BCUT2D eigenvalue weighted by atomic mass is 10.1. The standard InChI is InChI=1S/C17H28N2O2/c1-4-12-19-17(20)13-21-16-10-8-15(9-11-16)7-6-14(3)18-5-2/h8-11,14,18H,4-7,12-13H2,1-3H3,(H,19,20). The first-order chi connectivity index (χ1) is 10.2. The Kier molecular flexibility index (Phi) is 8.51. The fourth-order valence-electron chi connectivity index (χ4n) is 2.05. The van der Waals surface area contributed by atoms with Crippen LogP contribution in [0.3, 0.4) is 0 Å². The second-order valence-corrected chi connectivity index (χ2v) is 5.28. The van der Waals surface area contributed by atoms with Crippen LogP contribution in [0.25, 0.3) is 0 Å². The average Bonchev–Trinajstić information content (AvgIpc) is 2.50. The van der Waals surface area contributed by atoms with E-state index in [2.05, 4.69) is 36.6 Å². The molecular weight excluding hydrogens is 264 g/mol. The van der Waals surface area contributed by atoms with Crippen molar-refractivity contribution in [1.82, 2.24) is 10.6 Å². The topological polar surface area (TPSA) is 50.4 Å². The number of ether oxygens (including phenoxy) is 1. The molecule has 1 atom stereocenters. The number of hydrogen-bond acceptors (Lipinski definition) is 3. The minimum Gasteiger partial charge on any atom is -0.484 e. The van der Waals surface area contributed by atoms with Crippen LogP contribution in [0.2, 0.25) is 0 Å². The number of nitrogens with one attached hydrogen (secondary N) is 2. The Bertz CT molecular complexity index is 404. The van der Waals surface area contributed by atoms with Gasteiger partial charge >= 0.3 is 0 Å². The summed E-state index contributed by atoms with van der Waals surface area (Å²) < 4.78 is 5.46. The third-order valence-electron chi connectivity index (χ3n) is 3.28. The second-order valence-electron chi connectivity index (χ2n) is 5.28. The smallest absolute Gasteiger partial charge is 0.257 e. The van der Waals surface area contributed by atoms with Crippen LogP contribution in [0.4, 0.5) is 0 Å². The Morgan fingerprint density at radius 3 is 2.57 bits per heavy atom. The number of aryl methyl sites for hydroxylation is 1. The van der Waals surface area contributed by atoms with E-state index < -0.39 is 0 Å². The summed E-state index contributed by atoms with van der Waals surface area (Å²) in [5, 5.41) is 6.20. The van der Waals surface area contributed by atoms with E-state index in [0.717, 1.165) is 31.6 Å². The van der Waals surface area contributed by atoms with E-state index in [-0.39, 0.29) is 12.5 Å². The molecule has 0 aliphatic heterocycles. The molecule has 21 heavy (non-hydrogen) atoms. The number of hydrogen-bond donors (Lipinski definition) is 2. The van der Waals surface area contributed by atoms with Gasteiger partial charge in [-0.3, -0.25) is 4.79 Å². The molecule has 1 amide bonds. The van der Waals surface area contributed by atoms with Gasteiger partial charge in [0.2, 0.25) is 0 Å². The zero-order valence-corrected chi connectivity index (χ0v) is 13.4. The summed E-state index contributed by atoms with van der Waals surface area (Å²) in [7, 11) is 0. The second kappa shape index (κ2) is 10.2. The maximum Gasteiger partial charge on any atom is 0.257 e. The van der Waals surface area contributed by atoms with Gasteiger partial charge in [0.15, 0.2) is 6.61 Å². The molecule has 0 aromatic heterocycles. The van der Waals surface area contributed by atoms with Crippen LogP contribution >= 0.6 is 0 Å². The summed E-state index contributed by atoms with van der Waals surface area (Å²) in [4.78, 5) is 11.4. The predicted molar refractivity (Wildman–Crippen MR) is 86.7 cm³/mol. The normalized spacial score (nSPS) is 12.0. The van der Waals surface area contributed by atoms with Crippen LogP contribution < -0.4 is 15.4 Å². The van der Waals surface area contributed by atoms with Crippen molar-refractivity contribution in [3.05, 3.63) is 29.8 Å². The van der Waals surface area contributed by atoms with Gasteiger partial charge in [0, 0.05) is 12.6 Å². The van der Waals surface area contributed by atoms with Crippen LogP contribution in [-0.4, -0.2) is 31.6 Å². The number of carbonyl (C=O) groups is 1. The highest BCUT2D eigenvalue weighted by atomic mass is 16.5. The van der Waals surface area contributed by atoms with Gasteiger partial charge in [-0.15, -0.1) is 0 Å². The van der Waals surface area contributed by atoms with Gasteiger partial charge in [-0.1, -0.05) is 26.0 Å². The molecule has 0 saturated carbocycles. The lowest BCUT2D eigenvalue weighted by molar-refractivity contribution is -0.123. The molecule has 1 aromatic rings. The maximum absolute atomic E-state index is 11.4. The van der Waals surface area contributed by atoms with Crippen LogP contribution in [0.1, 0.15) is 39.2 Å². The molecule has 0 fully saturated rings. The molecular formula is C17H28N2O2. The highest BCUT2D eigenvalue weighted by molar-refractivity contribution is 5.77. The fraction of sp³-hybridized carbons (Fsp3) is 0.588. The van der Waals surface area contributed by atoms with E-state index in [1.54, 1.807) is 0 Å². The molecule has 0 spiro atoms. The number of rotatable bonds is 10. The van der Waals surface area contributed by atoms with E-state index in [1.807, 2.05) is 19.1 Å². The van der Waals surface area contributed by atoms with Crippen molar-refractivity contribution in [2.45, 2.75) is 46.1 Å². The van der Waals surface area contributed by atoms with E-state index in [1.165, 1.54) is 5.56 Å². The molecule has 1 unspecified atom stereocenters. The summed E-state index contributed by atoms with van der Waals surface area (Å²) in [5.41, 5.74) is 1.29. The van der Waals surface area contributed by atoms with Crippen molar-refractivity contribution >= 4 is 5.91 Å². The minimum atomic E-state index is -0.0691. The van der Waals surface area contributed by atoms with Gasteiger partial charge in [0.1, 0.15) is 5.75 Å². The van der Waals surface area contributed by atoms with Gasteiger partial charge in [0.25, 0.3) is 5.91 Å². The van der Waals surface area contributed by atoms with E-state index in [4.69, 9.17) is 4.74 Å². The van der Waals surface area contributed by atoms with Crippen LogP contribution in [0.15, 0.2) is 24.3 Å². The van der Waals surface area contributed by atoms with Crippen molar-refractivity contribution in [1.29, 1.82) is 0 Å². The molecule has 4 nitrogen and oxygen atoms in total. The largest absolute Gasteiger partial charge is 0.484 e. The van der Waals surface area contributed by atoms with Crippen molar-refractivity contribution in [3.63, 3.8) is 0 Å². The highest BCUT2D eigenvalue weighted by Gasteiger charge is 2.03. The Balaban J connectivity index is 2.31. The van der Waals surface area contributed by atoms with Crippen LogP contribution in [0.5, 0.6) is 5.75 Å². The molecule has 0 saturated heterocycles. The minimum absolute atomic E-state index is 0.0691. The summed E-state index contributed by atoms with van der Waals surface area (Å²) >= 11 is 0. The molecule has 118 valence electrons. The zero-order chi connectivity index (χ0) is 15.5. The summed E-state index contributed by atoms with van der Waals surface area (Å²) in [6, 6.07) is 8.53. The summed E-state index contributed by atoms with van der Waals surface area (Å²) in [5.74, 6) is 0.672. The Morgan fingerprint density at radius 2 is 1.95 bits per heavy atom. The molecule has 0 heterocycles. The highest BCUT2D eigenvalue weighted by Crippen LogP contribution is 2.13. The van der Waals surface area contributed by atoms with Gasteiger partial charge in [-0.25, -0.2) is 0 Å². The first kappa shape index (κ1) is 17.5. The lowest BCUT2D eigenvalue weighted by Crippen LogP contribution is -2.29. The van der Waals surface area contributed by atoms with Gasteiger partial charge in [0.05, 0.1) is 0 Å². The van der Waals surface area contributed by atoms with Crippen LogP contribution in [-0.2, 0) is 11.2 Å². The fourth-order valence-corrected chi connectivity index (χ4v) is 2.05. The molecule has 1 rings (SSSR count). The molecule has 0 aliphatic carbocycles. The molecule has 0 bridgehead atoms. The van der Waals surface area contributed by atoms with E-state index in [0.29, 0.717) is 12.6 Å². The van der Waals surface area contributed by atoms with Gasteiger partial charge < -0.3 is 15.4 Å². The molecule has 0 radical (unpaired) electrons. The first-order valence-electron chi connectivity index (χ1n) is 7.87. The Morgan fingerprint density at radius 1 is 1.24 bits per heavy atom. The number of amides is 1. The SMILES string of the molecule is CCCNC(=O)COc1ccc(CCC(C)NCC)cc1. The van der Waals surface area contributed by atoms with Crippen molar-refractivity contribution in [2.24, 2.45) is 0 Å². The zero-order valence-electron chi connectivity index (χ0n) is 13.4. The Labute approximate surface area is 128 Å². The summed E-state index contributed by atoms with van der Waals surface area (Å²) in [6.07, 6.45) is 3.10. The third kappa shape index (κ3) is 7.71. The van der Waals surface area contributed by atoms with Crippen LogP contribution in [0, 0.1) is 0 Å². The number of benzene rings is 1. The van der Waals surface area contributed by atoms with E-state index >= 15 is 0 Å². The first-order valence-corrected chi connectivity index (χ1v) is 7.87. The number of carbonyl (C=O) groups excluding carboxylic acids is 1. The van der Waals surface area contributed by atoms with Crippen molar-refractivity contribution in [2.75, 3.05) is 19.7 Å². The lowest BCUT2D eigenvalue weighted by Gasteiger charge is -2.12. The quantitative estimate of drug-likeness (QED) is 0.697. The molecule has 2 N–H and O–H groups in total. The molecule has 4 heteroatoms. The molecule has 0 aliphatic rings. The van der Waals surface area contributed by atoms with Crippen molar-refractivity contribution < 1.29 is 9.53 Å². The maximum atomic E-state index is 11.4. The van der Waals surface area contributed by atoms with Gasteiger partial charge in [-0.2, -0.15) is 0 Å². The third-order valence-corrected chi connectivity index (χ3v) is 3.28. The Hall–Kier alpha value is -1.55. The monoisotopic (exact) mass is 292 g/mol. The predicted octanol–water partition coefficient (Wildman–Crippen LogP) is 2.52. The van der Waals surface area contributed by atoms with Gasteiger partial charge in [-0.05, 0) is 50.4 Å². The van der Waals surface area contributed by atoms with E-state index in [9.17, 15) is 4.79 Å². The average molecular weight is 292 g/mol. The summed E-state index contributed by atoms with van der Waals surface area (Å²) in [6.45, 7) is 8.14. The van der Waals surface area contributed by atoms with Crippen molar-refractivity contribution in [3.8, 4) is 5.75 Å². The molecule has 1 aromatic carbocycles.